The summed E-state index contributed by atoms with van der Waals surface area (Å²) in [6.45, 7) is 4.22. The Balaban J connectivity index is 2.05. The Kier molecular flexibility index (Phi) is 3.21. The molecule has 0 spiro atoms. The molecule has 4 heteroatoms. The minimum atomic E-state index is -0.218. The van der Waals surface area contributed by atoms with E-state index >= 15 is 0 Å². The number of amides is 1. The maximum atomic E-state index is 12.6. The first kappa shape index (κ1) is 12.4. The first-order valence-corrected chi connectivity index (χ1v) is 6.48. The van der Waals surface area contributed by atoms with Gasteiger partial charge in [-0.15, -0.1) is 6.58 Å². The zero-order chi connectivity index (χ0) is 13.9. The maximum absolute atomic E-state index is 12.6. The summed E-state index contributed by atoms with van der Waals surface area (Å²) >= 11 is 0. The molecule has 100 valence electrons. The first-order chi connectivity index (χ1) is 9.81. The van der Waals surface area contributed by atoms with E-state index in [0.717, 1.165) is 11.3 Å². The summed E-state index contributed by atoms with van der Waals surface area (Å²) in [6.07, 6.45) is 5.01. The van der Waals surface area contributed by atoms with Gasteiger partial charge in [-0.1, -0.05) is 24.3 Å². The number of nitrogens with zero attached hydrogens (tertiary/aromatic N) is 2. The predicted octanol–water partition coefficient (Wildman–Crippen LogP) is 2.83. The molecule has 1 aromatic carbocycles. The van der Waals surface area contributed by atoms with Gasteiger partial charge in [0.2, 0.25) is 0 Å². The summed E-state index contributed by atoms with van der Waals surface area (Å²) < 4.78 is 0. The van der Waals surface area contributed by atoms with Crippen molar-refractivity contribution in [3.05, 3.63) is 72.6 Å². The van der Waals surface area contributed by atoms with Crippen LogP contribution in [0.1, 0.15) is 22.1 Å². The largest absolute Gasteiger partial charge is 0.361 e. The van der Waals surface area contributed by atoms with Crippen LogP contribution in [0.25, 0.3) is 0 Å². The van der Waals surface area contributed by atoms with E-state index in [4.69, 9.17) is 0 Å². The molecular formula is C16H15N3O. The fourth-order valence-corrected chi connectivity index (χ4v) is 2.42. The summed E-state index contributed by atoms with van der Waals surface area (Å²) in [5.74, 6) is 0.00750. The third-order valence-corrected chi connectivity index (χ3v) is 3.35. The zero-order valence-corrected chi connectivity index (χ0v) is 11.0. The quantitative estimate of drug-likeness (QED) is 0.868. The second kappa shape index (κ2) is 5.17. The van der Waals surface area contributed by atoms with E-state index in [0.29, 0.717) is 12.1 Å². The summed E-state index contributed by atoms with van der Waals surface area (Å²) in [4.78, 5) is 18.5. The van der Waals surface area contributed by atoms with Crippen molar-refractivity contribution in [2.45, 2.75) is 6.17 Å². The lowest BCUT2D eigenvalue weighted by molar-refractivity contribution is 0.0707. The number of carbonyl (C=O) groups is 1. The van der Waals surface area contributed by atoms with Crippen LogP contribution >= 0.6 is 0 Å². The zero-order valence-electron chi connectivity index (χ0n) is 11.0. The normalized spacial score (nSPS) is 17.3. The van der Waals surface area contributed by atoms with Crippen LogP contribution < -0.4 is 5.32 Å². The fraction of sp³-hybridized carbons (Fsp3) is 0.125. The van der Waals surface area contributed by atoms with Gasteiger partial charge in [-0.3, -0.25) is 9.78 Å². The number of anilines is 1. The molecule has 1 atom stereocenters. The van der Waals surface area contributed by atoms with E-state index in [1.807, 2.05) is 36.4 Å². The molecule has 2 aromatic rings. The van der Waals surface area contributed by atoms with Crippen LogP contribution in [0.15, 0.2) is 61.4 Å². The minimum absolute atomic E-state index is 0.00750. The molecule has 1 aliphatic rings. The van der Waals surface area contributed by atoms with Crippen molar-refractivity contribution in [1.29, 1.82) is 0 Å². The molecule has 0 saturated carbocycles. The molecule has 1 unspecified atom stereocenters. The van der Waals surface area contributed by atoms with Gasteiger partial charge in [0.25, 0.3) is 5.91 Å². The van der Waals surface area contributed by atoms with Gasteiger partial charge in [-0.2, -0.15) is 0 Å². The number of hydrogen-bond donors (Lipinski definition) is 1. The highest BCUT2D eigenvalue weighted by Gasteiger charge is 2.31. The molecule has 3 rings (SSSR count). The molecular weight excluding hydrogens is 250 g/mol. The van der Waals surface area contributed by atoms with E-state index < -0.39 is 0 Å². The SMILES string of the molecule is C=CCN1C(=O)c2ccccc2NC1c1cccnc1. The van der Waals surface area contributed by atoms with Crippen LogP contribution in [0.4, 0.5) is 5.69 Å². The number of pyridine rings is 1. The Morgan fingerprint density at radius 2 is 2.15 bits per heavy atom. The third kappa shape index (κ3) is 2.05. The second-order valence-electron chi connectivity index (χ2n) is 4.63. The minimum Gasteiger partial charge on any atom is -0.361 e. The van der Waals surface area contributed by atoms with Crippen LogP contribution in [0.2, 0.25) is 0 Å². The topological polar surface area (TPSA) is 45.2 Å². The number of nitrogens with one attached hydrogen (secondary N) is 1. The van der Waals surface area contributed by atoms with Gasteiger partial charge in [0, 0.05) is 30.2 Å². The fourth-order valence-electron chi connectivity index (χ4n) is 2.42. The van der Waals surface area contributed by atoms with Crippen LogP contribution in [0.5, 0.6) is 0 Å². The molecule has 1 aromatic heterocycles. The van der Waals surface area contributed by atoms with Crippen molar-refractivity contribution < 1.29 is 4.79 Å². The van der Waals surface area contributed by atoms with E-state index in [-0.39, 0.29) is 12.1 Å². The lowest BCUT2D eigenvalue weighted by Crippen LogP contribution is -2.43. The van der Waals surface area contributed by atoms with Crippen molar-refractivity contribution >= 4 is 11.6 Å². The van der Waals surface area contributed by atoms with Crippen molar-refractivity contribution in [3.8, 4) is 0 Å². The monoisotopic (exact) mass is 265 g/mol. The van der Waals surface area contributed by atoms with Gasteiger partial charge in [0.05, 0.1) is 5.56 Å². The number of benzene rings is 1. The van der Waals surface area contributed by atoms with E-state index in [2.05, 4.69) is 16.9 Å². The molecule has 1 N–H and O–H groups in total. The predicted molar refractivity (Wildman–Crippen MR) is 78.3 cm³/mol. The number of para-hydroxylation sites is 1. The molecule has 1 amide bonds. The molecule has 0 radical (unpaired) electrons. The molecule has 4 nitrogen and oxygen atoms in total. The molecule has 0 saturated heterocycles. The second-order valence-corrected chi connectivity index (χ2v) is 4.63. The van der Waals surface area contributed by atoms with Crippen LogP contribution in [-0.4, -0.2) is 22.3 Å². The van der Waals surface area contributed by atoms with Crippen LogP contribution in [-0.2, 0) is 0 Å². The van der Waals surface area contributed by atoms with Gasteiger partial charge in [0.15, 0.2) is 0 Å². The molecule has 20 heavy (non-hydrogen) atoms. The molecule has 1 aliphatic heterocycles. The third-order valence-electron chi connectivity index (χ3n) is 3.35. The van der Waals surface area contributed by atoms with E-state index in [1.54, 1.807) is 23.4 Å². The maximum Gasteiger partial charge on any atom is 0.258 e. The molecule has 0 fully saturated rings. The van der Waals surface area contributed by atoms with Crippen molar-refractivity contribution in [2.24, 2.45) is 0 Å². The number of fused-ring (bicyclic) bond motifs is 1. The van der Waals surface area contributed by atoms with Gasteiger partial charge >= 0.3 is 0 Å². The van der Waals surface area contributed by atoms with Gasteiger partial charge in [-0.25, -0.2) is 0 Å². The highest BCUT2D eigenvalue weighted by Crippen LogP contribution is 2.32. The number of carbonyl (C=O) groups excluding carboxylic acids is 1. The number of hydrogen-bond acceptors (Lipinski definition) is 3. The molecule has 0 aliphatic carbocycles. The Morgan fingerprint density at radius 1 is 1.30 bits per heavy atom. The Labute approximate surface area is 117 Å². The van der Waals surface area contributed by atoms with Crippen molar-refractivity contribution in [2.75, 3.05) is 11.9 Å². The summed E-state index contributed by atoms with van der Waals surface area (Å²) in [5.41, 5.74) is 2.50. The number of aromatic nitrogens is 1. The summed E-state index contributed by atoms with van der Waals surface area (Å²) in [6, 6.07) is 11.4. The Hall–Kier alpha value is -2.62. The average molecular weight is 265 g/mol. The van der Waals surface area contributed by atoms with Crippen LogP contribution in [0, 0.1) is 0 Å². The first-order valence-electron chi connectivity index (χ1n) is 6.48. The van der Waals surface area contributed by atoms with Crippen LogP contribution in [0.3, 0.4) is 0 Å². The van der Waals surface area contributed by atoms with Crippen molar-refractivity contribution in [1.82, 2.24) is 9.88 Å². The summed E-state index contributed by atoms with van der Waals surface area (Å²) in [7, 11) is 0. The summed E-state index contributed by atoms with van der Waals surface area (Å²) in [5, 5.41) is 3.40. The van der Waals surface area contributed by atoms with Crippen molar-refractivity contribution in [3.63, 3.8) is 0 Å². The highest BCUT2D eigenvalue weighted by atomic mass is 16.2. The van der Waals surface area contributed by atoms with Gasteiger partial charge in [0.1, 0.15) is 6.17 Å². The molecule has 0 bridgehead atoms. The number of rotatable bonds is 3. The highest BCUT2D eigenvalue weighted by molar-refractivity contribution is 6.01. The smallest absolute Gasteiger partial charge is 0.258 e. The van der Waals surface area contributed by atoms with E-state index in [9.17, 15) is 4.79 Å². The lowest BCUT2D eigenvalue weighted by Gasteiger charge is -2.37. The van der Waals surface area contributed by atoms with E-state index in [1.165, 1.54) is 0 Å². The molecule has 2 heterocycles. The van der Waals surface area contributed by atoms with Gasteiger partial charge < -0.3 is 10.2 Å². The Bertz CT molecular complexity index is 639. The standard InChI is InChI=1S/C16H15N3O/c1-2-10-19-15(12-6-5-9-17-11-12)18-14-8-4-3-7-13(14)16(19)20/h2-9,11,15,18H,1,10H2. The Morgan fingerprint density at radius 3 is 2.90 bits per heavy atom. The average Bonchev–Trinajstić information content (AvgIpc) is 2.51. The lowest BCUT2D eigenvalue weighted by atomic mass is 10.0. The van der Waals surface area contributed by atoms with Gasteiger partial charge in [-0.05, 0) is 18.2 Å².